The van der Waals surface area contributed by atoms with Gasteiger partial charge in [0.15, 0.2) is 0 Å². The minimum Gasteiger partial charge on any atom is -0.305 e. The van der Waals surface area contributed by atoms with Gasteiger partial charge in [-0.3, -0.25) is 0 Å². The maximum atomic E-state index is 5.05. The van der Waals surface area contributed by atoms with Gasteiger partial charge in [0, 0.05) is 12.3 Å². The smallest absolute Gasteiger partial charge is 0.0574 e. The zero-order valence-electron chi connectivity index (χ0n) is 5.89. The van der Waals surface area contributed by atoms with E-state index < -0.39 is 0 Å². The van der Waals surface area contributed by atoms with Crippen molar-refractivity contribution < 1.29 is 0 Å². The molecule has 0 atom stereocenters. The molecule has 0 bridgehead atoms. The molecule has 54 valence electrons. The lowest BCUT2D eigenvalue weighted by molar-refractivity contribution is 0.818. The van der Waals surface area contributed by atoms with Crippen molar-refractivity contribution >= 4 is 11.8 Å². The maximum Gasteiger partial charge on any atom is 0.0574 e. The Morgan fingerprint density at radius 1 is 1.30 bits per heavy atom. The van der Waals surface area contributed by atoms with Gasteiger partial charge < -0.3 is 5.32 Å². The standard InChI is InChI=1S/C8H11NS/c1-3-5-9-6-8-10-7-4-2/h1-2,9H,5-8H2. The Bertz CT molecular complexity index is 122. The molecule has 0 rings (SSSR count). The van der Waals surface area contributed by atoms with E-state index in [0.717, 1.165) is 18.1 Å². The van der Waals surface area contributed by atoms with Gasteiger partial charge >= 0.3 is 0 Å². The normalized spacial score (nSPS) is 8.20. The van der Waals surface area contributed by atoms with Crippen molar-refractivity contribution in [3.63, 3.8) is 0 Å². The van der Waals surface area contributed by atoms with Crippen LogP contribution in [0.15, 0.2) is 0 Å². The summed E-state index contributed by atoms with van der Waals surface area (Å²) in [4.78, 5) is 0. The van der Waals surface area contributed by atoms with Crippen LogP contribution in [0.1, 0.15) is 0 Å². The molecule has 0 aliphatic heterocycles. The monoisotopic (exact) mass is 153 g/mol. The fraction of sp³-hybridized carbons (Fsp3) is 0.500. The summed E-state index contributed by atoms with van der Waals surface area (Å²) in [5.74, 6) is 6.87. The molecule has 0 saturated heterocycles. The highest BCUT2D eigenvalue weighted by molar-refractivity contribution is 7.99. The number of terminal acetylenes is 2. The third kappa shape index (κ3) is 7.43. The molecule has 0 aromatic heterocycles. The van der Waals surface area contributed by atoms with E-state index in [2.05, 4.69) is 17.2 Å². The second kappa shape index (κ2) is 8.43. The Labute approximate surface area is 67.0 Å². The molecule has 10 heavy (non-hydrogen) atoms. The summed E-state index contributed by atoms with van der Waals surface area (Å²) in [5, 5.41) is 3.07. The van der Waals surface area contributed by atoms with Gasteiger partial charge in [-0.25, -0.2) is 0 Å². The van der Waals surface area contributed by atoms with Crippen molar-refractivity contribution in [1.82, 2.24) is 5.32 Å². The molecule has 0 spiro atoms. The Balaban J connectivity index is 2.80. The predicted octanol–water partition coefficient (Wildman–Crippen LogP) is 0.576. The third-order valence-corrected chi connectivity index (χ3v) is 1.70. The van der Waals surface area contributed by atoms with Crippen molar-refractivity contribution in [2.45, 2.75) is 0 Å². The fourth-order valence-corrected chi connectivity index (χ4v) is 0.987. The van der Waals surface area contributed by atoms with Gasteiger partial charge in [0.25, 0.3) is 0 Å². The number of rotatable bonds is 5. The van der Waals surface area contributed by atoms with Gasteiger partial charge in [-0.2, -0.15) is 0 Å². The SMILES string of the molecule is C#CCNCCSCC#C. The van der Waals surface area contributed by atoms with Crippen LogP contribution in [0.4, 0.5) is 0 Å². The van der Waals surface area contributed by atoms with E-state index in [4.69, 9.17) is 12.8 Å². The highest BCUT2D eigenvalue weighted by Gasteiger charge is 1.83. The van der Waals surface area contributed by atoms with Crippen LogP contribution >= 0.6 is 11.8 Å². The van der Waals surface area contributed by atoms with Gasteiger partial charge in [0.05, 0.1) is 12.3 Å². The molecule has 1 N–H and O–H groups in total. The van der Waals surface area contributed by atoms with E-state index in [1.807, 2.05) is 0 Å². The van der Waals surface area contributed by atoms with Gasteiger partial charge in [-0.05, 0) is 0 Å². The summed E-state index contributed by atoms with van der Waals surface area (Å²) >= 11 is 1.74. The number of thioether (sulfide) groups is 1. The molecule has 0 radical (unpaired) electrons. The highest BCUT2D eigenvalue weighted by atomic mass is 32.2. The number of hydrogen-bond donors (Lipinski definition) is 1. The first kappa shape index (κ1) is 9.43. The molecule has 0 unspecified atom stereocenters. The van der Waals surface area contributed by atoms with Crippen molar-refractivity contribution in [1.29, 1.82) is 0 Å². The van der Waals surface area contributed by atoms with E-state index in [1.165, 1.54) is 0 Å². The lowest BCUT2D eigenvalue weighted by atomic mass is 10.6. The number of nitrogens with one attached hydrogen (secondary N) is 1. The lowest BCUT2D eigenvalue weighted by Gasteiger charge is -1.96. The second-order valence-electron chi connectivity index (χ2n) is 1.64. The van der Waals surface area contributed by atoms with Gasteiger partial charge in [0.1, 0.15) is 0 Å². The van der Waals surface area contributed by atoms with Crippen LogP contribution in [-0.2, 0) is 0 Å². The Hall–Kier alpha value is -0.570. The molecular formula is C8H11NS. The van der Waals surface area contributed by atoms with E-state index in [0.29, 0.717) is 6.54 Å². The zero-order chi connectivity index (χ0) is 7.66. The Kier molecular flexibility index (Phi) is 7.95. The molecule has 0 aliphatic carbocycles. The molecule has 0 amide bonds. The van der Waals surface area contributed by atoms with Crippen LogP contribution in [-0.4, -0.2) is 24.6 Å². The first-order valence-electron chi connectivity index (χ1n) is 3.07. The third-order valence-electron chi connectivity index (χ3n) is 0.836. The topological polar surface area (TPSA) is 12.0 Å². The van der Waals surface area contributed by atoms with Crippen molar-refractivity contribution in [2.24, 2.45) is 0 Å². The Morgan fingerprint density at radius 3 is 2.70 bits per heavy atom. The Morgan fingerprint density at radius 2 is 2.10 bits per heavy atom. The predicted molar refractivity (Wildman–Crippen MR) is 47.9 cm³/mol. The van der Waals surface area contributed by atoms with Crippen LogP contribution in [0, 0.1) is 24.7 Å². The maximum absolute atomic E-state index is 5.05. The molecular weight excluding hydrogens is 142 g/mol. The summed E-state index contributed by atoms with van der Waals surface area (Å²) in [6.07, 6.45) is 10.1. The van der Waals surface area contributed by atoms with Crippen LogP contribution in [0.25, 0.3) is 0 Å². The quantitative estimate of drug-likeness (QED) is 0.458. The summed E-state index contributed by atoms with van der Waals surface area (Å²) in [6.45, 7) is 1.59. The summed E-state index contributed by atoms with van der Waals surface area (Å²) in [6, 6.07) is 0. The zero-order valence-corrected chi connectivity index (χ0v) is 6.71. The molecule has 0 aliphatic rings. The van der Waals surface area contributed by atoms with Gasteiger partial charge in [-0.1, -0.05) is 11.8 Å². The van der Waals surface area contributed by atoms with Crippen molar-refractivity contribution in [2.75, 3.05) is 24.6 Å². The first-order valence-corrected chi connectivity index (χ1v) is 4.22. The lowest BCUT2D eigenvalue weighted by Crippen LogP contribution is -2.16. The largest absolute Gasteiger partial charge is 0.305 e. The van der Waals surface area contributed by atoms with Crippen molar-refractivity contribution in [3.05, 3.63) is 0 Å². The minimum absolute atomic E-state index is 0.649. The molecule has 0 aromatic rings. The van der Waals surface area contributed by atoms with E-state index >= 15 is 0 Å². The van der Waals surface area contributed by atoms with Crippen LogP contribution in [0.5, 0.6) is 0 Å². The van der Waals surface area contributed by atoms with E-state index in [-0.39, 0.29) is 0 Å². The molecule has 0 aromatic carbocycles. The van der Waals surface area contributed by atoms with E-state index in [9.17, 15) is 0 Å². The number of hydrogen-bond acceptors (Lipinski definition) is 2. The average molecular weight is 153 g/mol. The molecule has 0 saturated carbocycles. The van der Waals surface area contributed by atoms with E-state index in [1.54, 1.807) is 11.8 Å². The molecule has 0 fully saturated rings. The van der Waals surface area contributed by atoms with Crippen LogP contribution in [0.3, 0.4) is 0 Å². The van der Waals surface area contributed by atoms with Crippen molar-refractivity contribution in [3.8, 4) is 24.7 Å². The molecule has 0 heterocycles. The summed E-state index contributed by atoms with van der Waals surface area (Å²) in [7, 11) is 0. The first-order chi connectivity index (χ1) is 4.91. The second-order valence-corrected chi connectivity index (χ2v) is 2.74. The van der Waals surface area contributed by atoms with Crippen LogP contribution < -0.4 is 5.32 Å². The summed E-state index contributed by atoms with van der Waals surface area (Å²) < 4.78 is 0. The minimum atomic E-state index is 0.649. The van der Waals surface area contributed by atoms with Crippen LogP contribution in [0.2, 0.25) is 0 Å². The van der Waals surface area contributed by atoms with Gasteiger partial charge in [0.2, 0.25) is 0 Å². The molecule has 2 heteroatoms. The average Bonchev–Trinajstić information content (AvgIpc) is 1.97. The molecule has 1 nitrogen and oxygen atoms in total. The highest BCUT2D eigenvalue weighted by Crippen LogP contribution is 1.94. The van der Waals surface area contributed by atoms with Gasteiger partial charge in [-0.15, -0.1) is 24.6 Å². The summed E-state index contributed by atoms with van der Waals surface area (Å²) in [5.41, 5.74) is 0. The fourth-order valence-electron chi connectivity index (χ4n) is 0.436.